The van der Waals surface area contributed by atoms with Gasteiger partial charge in [-0.2, -0.15) is 8.42 Å². The molecule has 0 bridgehead atoms. The second-order valence-electron chi connectivity index (χ2n) is 3.75. The van der Waals surface area contributed by atoms with E-state index < -0.39 is 15.7 Å². The third-order valence-corrected chi connectivity index (χ3v) is 2.83. The Morgan fingerprint density at radius 2 is 1.93 bits per heavy atom. The van der Waals surface area contributed by atoms with Crippen LogP contribution < -0.4 is 5.32 Å². The molecule has 0 aliphatic heterocycles. The van der Waals surface area contributed by atoms with Gasteiger partial charge in [-0.05, 0) is 33.7 Å². The van der Waals surface area contributed by atoms with Crippen molar-refractivity contribution in [3.63, 3.8) is 0 Å². The maximum atomic E-state index is 11.0. The lowest BCUT2D eigenvalue weighted by Crippen LogP contribution is -2.46. The van der Waals surface area contributed by atoms with E-state index in [1.807, 2.05) is 0 Å². The van der Waals surface area contributed by atoms with Crippen molar-refractivity contribution < 1.29 is 17.8 Å². The summed E-state index contributed by atoms with van der Waals surface area (Å²) >= 11 is 0. The average Bonchev–Trinajstić information content (AvgIpc) is 1.96. The molecule has 0 heterocycles. The Morgan fingerprint density at radius 3 is 2.29 bits per heavy atom. The number of carbonyl (C=O) groups is 1. The van der Waals surface area contributed by atoms with Gasteiger partial charge in [0.05, 0.1) is 11.3 Å². The van der Waals surface area contributed by atoms with Gasteiger partial charge in [-0.15, -0.1) is 0 Å². The fourth-order valence-electron chi connectivity index (χ4n) is 0.780. The van der Waals surface area contributed by atoms with E-state index in [2.05, 4.69) is 5.32 Å². The number of hydrogen-bond acceptors (Lipinski definition) is 4. The van der Waals surface area contributed by atoms with Gasteiger partial charge in [0, 0.05) is 0 Å². The highest BCUT2D eigenvalue weighted by Gasteiger charge is 2.22. The first-order valence-corrected chi connectivity index (χ1v) is 5.97. The third kappa shape index (κ3) is 6.06. The maximum absolute atomic E-state index is 11.0. The van der Waals surface area contributed by atoms with E-state index in [1.165, 1.54) is 6.92 Å². The summed E-state index contributed by atoms with van der Waals surface area (Å²) in [5.41, 5.74) is -0.640. The number of ketones is 1. The molecule has 0 aliphatic rings. The van der Waals surface area contributed by atoms with Crippen LogP contribution in [0, 0.1) is 0 Å². The van der Waals surface area contributed by atoms with Crippen LogP contribution in [0.2, 0.25) is 0 Å². The van der Waals surface area contributed by atoms with Crippen LogP contribution >= 0.6 is 0 Å². The highest BCUT2D eigenvalue weighted by atomic mass is 32.2. The molecule has 0 aliphatic carbocycles. The van der Waals surface area contributed by atoms with Crippen molar-refractivity contribution in [1.82, 2.24) is 5.32 Å². The molecule has 0 amide bonds. The van der Waals surface area contributed by atoms with Crippen molar-refractivity contribution in [1.29, 1.82) is 0 Å². The van der Waals surface area contributed by atoms with Gasteiger partial charge >= 0.3 is 0 Å². The molecular formula is C8H17NO4S. The van der Waals surface area contributed by atoms with Crippen molar-refractivity contribution in [2.45, 2.75) is 32.7 Å². The van der Waals surface area contributed by atoms with E-state index in [4.69, 9.17) is 4.55 Å². The Bertz CT molecular complexity index is 294. The van der Waals surface area contributed by atoms with E-state index in [0.29, 0.717) is 6.54 Å². The predicted octanol–water partition coefficient (Wildman–Crippen LogP) is 0.222. The van der Waals surface area contributed by atoms with Gasteiger partial charge in [0.2, 0.25) is 0 Å². The van der Waals surface area contributed by atoms with Gasteiger partial charge in [0.1, 0.15) is 5.78 Å². The lowest BCUT2D eigenvalue weighted by atomic mass is 10.0. The number of carbonyl (C=O) groups excluding carboxylic acids is 1. The molecule has 5 nitrogen and oxygen atoms in total. The van der Waals surface area contributed by atoms with Crippen LogP contribution in [0.3, 0.4) is 0 Å². The Labute approximate surface area is 84.6 Å². The molecule has 0 atom stereocenters. The molecule has 0 radical (unpaired) electrons. The van der Waals surface area contributed by atoms with Gasteiger partial charge < -0.3 is 5.32 Å². The van der Waals surface area contributed by atoms with Crippen molar-refractivity contribution in [3.05, 3.63) is 0 Å². The monoisotopic (exact) mass is 223 g/mol. The molecule has 0 aromatic heterocycles. The normalized spacial score (nSPS) is 12.9. The molecule has 84 valence electrons. The van der Waals surface area contributed by atoms with E-state index >= 15 is 0 Å². The molecule has 2 N–H and O–H groups in total. The van der Waals surface area contributed by atoms with E-state index in [1.54, 1.807) is 13.8 Å². The summed E-state index contributed by atoms with van der Waals surface area (Å²) in [5, 5.41) is 2.91. The van der Waals surface area contributed by atoms with Gasteiger partial charge in [0.25, 0.3) is 10.1 Å². The van der Waals surface area contributed by atoms with Crippen LogP contribution in [0.5, 0.6) is 0 Å². The van der Waals surface area contributed by atoms with Crippen LogP contribution in [-0.2, 0) is 14.9 Å². The van der Waals surface area contributed by atoms with Crippen LogP contribution in [0.25, 0.3) is 0 Å². The maximum Gasteiger partial charge on any atom is 0.264 e. The molecule has 0 rings (SSSR count). The zero-order valence-corrected chi connectivity index (χ0v) is 9.52. The first kappa shape index (κ1) is 13.5. The van der Waals surface area contributed by atoms with Crippen molar-refractivity contribution in [3.8, 4) is 0 Å². The molecule has 0 aromatic carbocycles. The fraction of sp³-hybridized carbons (Fsp3) is 0.875. The van der Waals surface area contributed by atoms with Crippen molar-refractivity contribution in [2.24, 2.45) is 0 Å². The third-order valence-electron chi connectivity index (χ3n) is 2.03. The lowest BCUT2D eigenvalue weighted by molar-refractivity contribution is -0.122. The zero-order valence-electron chi connectivity index (χ0n) is 8.70. The summed E-state index contributed by atoms with van der Waals surface area (Å²) in [7, 11) is -3.89. The molecule has 0 saturated heterocycles. The zero-order chi connectivity index (χ0) is 11.4. The highest BCUT2D eigenvalue weighted by Crippen LogP contribution is 2.02. The topological polar surface area (TPSA) is 83.5 Å². The lowest BCUT2D eigenvalue weighted by Gasteiger charge is -2.22. The summed E-state index contributed by atoms with van der Waals surface area (Å²) in [6.45, 7) is 5.30. The minimum absolute atomic E-state index is 0.00986. The SMILES string of the molecule is CC(=O)C(C)(C)NCCCS(=O)(=O)O. The molecule has 0 unspecified atom stereocenters. The second-order valence-corrected chi connectivity index (χ2v) is 5.32. The van der Waals surface area contributed by atoms with E-state index in [-0.39, 0.29) is 18.0 Å². The van der Waals surface area contributed by atoms with Gasteiger partial charge in [-0.3, -0.25) is 9.35 Å². The number of hydrogen-bond donors (Lipinski definition) is 2. The molecule has 0 saturated carbocycles. The molecule has 6 heteroatoms. The van der Waals surface area contributed by atoms with E-state index in [9.17, 15) is 13.2 Å². The smallest absolute Gasteiger partial charge is 0.264 e. The number of nitrogens with one attached hydrogen (secondary N) is 1. The molecular weight excluding hydrogens is 206 g/mol. The first-order chi connectivity index (χ1) is 6.15. The Morgan fingerprint density at radius 1 is 1.43 bits per heavy atom. The van der Waals surface area contributed by atoms with Gasteiger partial charge in [0.15, 0.2) is 0 Å². The number of rotatable bonds is 6. The van der Waals surface area contributed by atoms with Crippen molar-refractivity contribution in [2.75, 3.05) is 12.3 Å². The Hall–Kier alpha value is -0.460. The number of Topliss-reactive ketones (excluding diaryl/α,β-unsaturated/α-hetero) is 1. The predicted molar refractivity (Wildman–Crippen MR) is 53.8 cm³/mol. The highest BCUT2D eigenvalue weighted by molar-refractivity contribution is 7.85. The fourth-order valence-corrected chi connectivity index (χ4v) is 1.29. The Balaban J connectivity index is 3.81. The molecule has 0 spiro atoms. The van der Waals surface area contributed by atoms with Gasteiger partial charge in [-0.25, -0.2) is 0 Å². The molecule has 14 heavy (non-hydrogen) atoms. The van der Waals surface area contributed by atoms with Crippen LogP contribution in [-0.4, -0.2) is 36.6 Å². The summed E-state index contributed by atoms with van der Waals surface area (Å²) in [5.74, 6) is -0.294. The molecule has 0 fully saturated rings. The van der Waals surface area contributed by atoms with E-state index in [0.717, 1.165) is 0 Å². The van der Waals surface area contributed by atoms with Gasteiger partial charge in [-0.1, -0.05) is 0 Å². The van der Waals surface area contributed by atoms with Crippen LogP contribution in [0.1, 0.15) is 27.2 Å². The van der Waals surface area contributed by atoms with Crippen LogP contribution in [0.15, 0.2) is 0 Å². The Kier molecular flexibility index (Phi) is 4.70. The van der Waals surface area contributed by atoms with Crippen LogP contribution in [0.4, 0.5) is 0 Å². The average molecular weight is 223 g/mol. The summed E-state index contributed by atoms with van der Waals surface area (Å²) < 4.78 is 29.1. The standard InChI is InChI=1S/C8H17NO4S/c1-7(10)8(2,3)9-5-4-6-14(11,12)13/h9H,4-6H2,1-3H3,(H,11,12,13). The van der Waals surface area contributed by atoms with Crippen molar-refractivity contribution >= 4 is 15.9 Å². The summed E-state index contributed by atoms with van der Waals surface area (Å²) in [4.78, 5) is 11.0. The summed E-state index contributed by atoms with van der Waals surface area (Å²) in [6, 6.07) is 0. The quantitative estimate of drug-likeness (QED) is 0.497. The first-order valence-electron chi connectivity index (χ1n) is 4.36. The summed E-state index contributed by atoms with van der Waals surface area (Å²) in [6.07, 6.45) is 0.287. The molecule has 0 aromatic rings. The minimum Gasteiger partial charge on any atom is -0.305 e. The minimum atomic E-state index is -3.89. The second kappa shape index (κ2) is 4.86. The largest absolute Gasteiger partial charge is 0.305 e.